The predicted molar refractivity (Wildman–Crippen MR) is 141 cm³/mol. The molecule has 6 aromatic rings. The highest BCUT2D eigenvalue weighted by atomic mass is 15.1. The lowest BCUT2D eigenvalue weighted by molar-refractivity contribution is 1.14. The molecular formula is C30H22BN. The molecule has 1 heterocycles. The molecule has 1 nitrogen and oxygen atoms in total. The van der Waals surface area contributed by atoms with Gasteiger partial charge in [-0.1, -0.05) is 107 Å². The average Bonchev–Trinajstić information content (AvgIpc) is 2.84. The number of anilines is 1. The van der Waals surface area contributed by atoms with Gasteiger partial charge in [0.1, 0.15) is 0 Å². The fourth-order valence-electron chi connectivity index (χ4n) is 5.94. The van der Waals surface area contributed by atoms with Crippen molar-refractivity contribution < 1.29 is 0 Å². The lowest BCUT2D eigenvalue weighted by Crippen LogP contribution is -2.54. The van der Waals surface area contributed by atoms with Crippen molar-refractivity contribution in [3.63, 3.8) is 0 Å². The second-order valence-electron chi connectivity index (χ2n) is 9.17. The summed E-state index contributed by atoms with van der Waals surface area (Å²) in [4.78, 5) is 2.22. The second kappa shape index (κ2) is 6.37. The summed E-state index contributed by atoms with van der Waals surface area (Å²) in [5.41, 5.74) is 8.18. The number of rotatable bonds is 2. The van der Waals surface area contributed by atoms with Crippen LogP contribution in [0.5, 0.6) is 0 Å². The molecule has 0 fully saturated rings. The Balaban J connectivity index is 1.72. The van der Waals surface area contributed by atoms with Gasteiger partial charge in [-0.05, 0) is 44.1 Å². The van der Waals surface area contributed by atoms with Crippen LogP contribution in [0.2, 0.25) is 0 Å². The zero-order valence-corrected chi connectivity index (χ0v) is 18.3. The zero-order chi connectivity index (χ0) is 21.4. The number of benzene rings is 6. The van der Waals surface area contributed by atoms with Crippen molar-refractivity contribution in [2.75, 3.05) is 19.0 Å². The molecule has 0 amide bonds. The van der Waals surface area contributed by atoms with Gasteiger partial charge in [0.15, 0.2) is 0 Å². The lowest BCUT2D eigenvalue weighted by atomic mass is 9.33. The van der Waals surface area contributed by atoms with E-state index >= 15 is 0 Å². The van der Waals surface area contributed by atoms with Crippen molar-refractivity contribution in [1.82, 2.24) is 0 Å². The molecule has 0 aromatic heterocycles. The van der Waals surface area contributed by atoms with Gasteiger partial charge in [-0.2, -0.15) is 0 Å². The summed E-state index contributed by atoms with van der Waals surface area (Å²) < 4.78 is 0. The smallest absolute Gasteiger partial charge is 0.242 e. The van der Waals surface area contributed by atoms with Gasteiger partial charge in [0.05, 0.1) is 0 Å². The summed E-state index contributed by atoms with van der Waals surface area (Å²) in [6, 6.07) is 36.2. The van der Waals surface area contributed by atoms with Crippen LogP contribution in [0.15, 0.2) is 97.1 Å². The van der Waals surface area contributed by atoms with Gasteiger partial charge >= 0.3 is 0 Å². The largest absolute Gasteiger partial charge is 0.377 e. The van der Waals surface area contributed by atoms with E-state index in [0.29, 0.717) is 0 Å². The highest BCUT2D eigenvalue weighted by Gasteiger charge is 2.32. The summed E-state index contributed by atoms with van der Waals surface area (Å²) in [6.45, 7) is 0.238. The van der Waals surface area contributed by atoms with Crippen LogP contribution in [-0.4, -0.2) is 20.8 Å². The Labute approximate surface area is 188 Å². The molecule has 0 aliphatic carbocycles. The van der Waals surface area contributed by atoms with Crippen LogP contribution < -0.4 is 21.3 Å². The first-order chi connectivity index (χ1) is 15.7. The predicted octanol–water partition coefficient (Wildman–Crippen LogP) is 5.15. The highest BCUT2D eigenvalue weighted by molar-refractivity contribution is 6.98. The summed E-state index contributed by atoms with van der Waals surface area (Å²) in [5.74, 6) is 0. The minimum absolute atomic E-state index is 0.238. The molecule has 6 aromatic carbocycles. The number of fused-ring (bicyclic) bond motifs is 2. The third kappa shape index (κ3) is 2.24. The minimum atomic E-state index is 0.238. The van der Waals surface area contributed by atoms with Crippen LogP contribution in [0, 0.1) is 0 Å². The molecule has 0 saturated carbocycles. The first kappa shape index (κ1) is 17.9. The van der Waals surface area contributed by atoms with E-state index in [-0.39, 0.29) is 6.71 Å². The van der Waals surface area contributed by atoms with E-state index in [2.05, 4.69) is 116 Å². The summed E-state index contributed by atoms with van der Waals surface area (Å²) >= 11 is 0. The molecule has 0 saturated heterocycles. The van der Waals surface area contributed by atoms with E-state index in [1.807, 2.05) is 0 Å². The van der Waals surface area contributed by atoms with Crippen LogP contribution in [0.4, 0.5) is 5.69 Å². The van der Waals surface area contributed by atoms with E-state index in [1.54, 1.807) is 0 Å². The monoisotopic (exact) mass is 407 g/mol. The molecule has 0 N–H and O–H groups in total. The molecule has 32 heavy (non-hydrogen) atoms. The van der Waals surface area contributed by atoms with E-state index in [0.717, 1.165) is 0 Å². The minimum Gasteiger partial charge on any atom is -0.377 e. The maximum Gasteiger partial charge on any atom is 0.242 e. The Bertz CT molecular complexity index is 1650. The fraction of sp³-hybridized carbons (Fsp3) is 0.0667. The molecule has 1 aliphatic rings. The molecule has 0 spiro atoms. The normalized spacial score (nSPS) is 12.6. The molecule has 1 aliphatic heterocycles. The van der Waals surface area contributed by atoms with Gasteiger partial charge in [0, 0.05) is 25.2 Å². The average molecular weight is 407 g/mol. The molecule has 0 radical (unpaired) electrons. The summed E-state index contributed by atoms with van der Waals surface area (Å²) in [6.07, 6.45) is 0. The first-order valence-corrected chi connectivity index (χ1v) is 11.3. The molecular weight excluding hydrogens is 385 g/mol. The Hall–Kier alpha value is -3.78. The summed E-state index contributed by atoms with van der Waals surface area (Å²) in [5, 5.41) is 8.20. The molecule has 0 atom stereocenters. The standard InChI is InChI=1S/C30H22BN/c1-32(2)27-17-14-20-18-26-30-23(15-12-19-13-16-24(27)28(20)29(19)30)22-10-6-7-11-25(22)31(26)21-8-4-3-5-9-21/h3-18H,1-2H3. The maximum absolute atomic E-state index is 2.46. The molecule has 2 heteroatoms. The highest BCUT2D eigenvalue weighted by Crippen LogP contribution is 2.42. The van der Waals surface area contributed by atoms with E-state index in [1.165, 1.54) is 65.5 Å². The van der Waals surface area contributed by atoms with Crippen LogP contribution in [0.1, 0.15) is 0 Å². The second-order valence-corrected chi connectivity index (χ2v) is 9.17. The van der Waals surface area contributed by atoms with Gasteiger partial charge in [0.2, 0.25) is 6.71 Å². The third-order valence-corrected chi connectivity index (χ3v) is 7.26. The molecule has 0 bridgehead atoms. The van der Waals surface area contributed by atoms with E-state index < -0.39 is 0 Å². The van der Waals surface area contributed by atoms with Crippen LogP contribution in [0.25, 0.3) is 43.4 Å². The Morgan fingerprint density at radius 3 is 2.16 bits per heavy atom. The first-order valence-electron chi connectivity index (χ1n) is 11.3. The van der Waals surface area contributed by atoms with Crippen LogP contribution >= 0.6 is 0 Å². The van der Waals surface area contributed by atoms with Crippen molar-refractivity contribution in [2.45, 2.75) is 0 Å². The van der Waals surface area contributed by atoms with E-state index in [4.69, 9.17) is 0 Å². The summed E-state index contributed by atoms with van der Waals surface area (Å²) in [7, 11) is 4.27. The SMILES string of the molecule is CN(C)c1ccc2cc3c4c(ccc5ccc1c2c54)-c1ccccc1B3c1ccccc1. The third-order valence-electron chi connectivity index (χ3n) is 7.26. The quantitative estimate of drug-likeness (QED) is 0.283. The van der Waals surface area contributed by atoms with E-state index in [9.17, 15) is 0 Å². The number of hydrogen-bond acceptors (Lipinski definition) is 1. The van der Waals surface area contributed by atoms with Crippen molar-refractivity contribution in [1.29, 1.82) is 0 Å². The maximum atomic E-state index is 2.46. The number of nitrogens with zero attached hydrogens (tertiary/aromatic N) is 1. The Morgan fingerprint density at radius 2 is 1.31 bits per heavy atom. The van der Waals surface area contributed by atoms with Gasteiger partial charge < -0.3 is 4.90 Å². The van der Waals surface area contributed by atoms with Crippen molar-refractivity contribution in [3.05, 3.63) is 97.1 Å². The van der Waals surface area contributed by atoms with Crippen LogP contribution in [0.3, 0.4) is 0 Å². The lowest BCUT2D eigenvalue weighted by Gasteiger charge is -2.29. The topological polar surface area (TPSA) is 3.24 Å². The van der Waals surface area contributed by atoms with Crippen LogP contribution in [-0.2, 0) is 0 Å². The fourth-order valence-corrected chi connectivity index (χ4v) is 5.94. The Morgan fingerprint density at radius 1 is 0.562 bits per heavy atom. The van der Waals surface area contributed by atoms with Gasteiger partial charge in [-0.3, -0.25) is 0 Å². The molecule has 7 rings (SSSR count). The van der Waals surface area contributed by atoms with Gasteiger partial charge in [0.25, 0.3) is 0 Å². The molecule has 0 unspecified atom stereocenters. The zero-order valence-electron chi connectivity index (χ0n) is 18.3. The van der Waals surface area contributed by atoms with Crippen molar-refractivity contribution in [2.24, 2.45) is 0 Å². The molecule has 150 valence electrons. The van der Waals surface area contributed by atoms with Crippen molar-refractivity contribution in [3.8, 4) is 11.1 Å². The van der Waals surface area contributed by atoms with Gasteiger partial charge in [-0.25, -0.2) is 0 Å². The Kier molecular flexibility index (Phi) is 3.55. The number of hydrogen-bond donors (Lipinski definition) is 0. The van der Waals surface area contributed by atoms with Crippen molar-refractivity contribution >= 4 is 61.1 Å². The van der Waals surface area contributed by atoms with Gasteiger partial charge in [-0.15, -0.1) is 0 Å².